The van der Waals surface area contributed by atoms with Crippen LogP contribution in [0.3, 0.4) is 0 Å². The first-order valence-corrected chi connectivity index (χ1v) is 4.29. The van der Waals surface area contributed by atoms with E-state index in [9.17, 15) is 5.11 Å². The van der Waals surface area contributed by atoms with Gasteiger partial charge in [0.1, 0.15) is 5.75 Å². The SMILES string of the molecule is Cc1cc(C(N)CO)c(O)cc1Cl. The summed E-state index contributed by atoms with van der Waals surface area (Å²) in [6.45, 7) is 1.62. The van der Waals surface area contributed by atoms with Crippen molar-refractivity contribution in [2.45, 2.75) is 13.0 Å². The molecule has 0 saturated carbocycles. The highest BCUT2D eigenvalue weighted by Crippen LogP contribution is 2.28. The second-order valence-corrected chi connectivity index (χ2v) is 3.36. The molecule has 1 rings (SSSR count). The number of rotatable bonds is 2. The summed E-state index contributed by atoms with van der Waals surface area (Å²) in [6, 6.07) is 2.55. The highest BCUT2D eigenvalue weighted by Gasteiger charge is 2.11. The smallest absolute Gasteiger partial charge is 0.121 e. The van der Waals surface area contributed by atoms with Crippen molar-refractivity contribution < 1.29 is 10.2 Å². The van der Waals surface area contributed by atoms with Crippen molar-refractivity contribution in [3.8, 4) is 5.75 Å². The van der Waals surface area contributed by atoms with E-state index in [0.717, 1.165) is 5.56 Å². The van der Waals surface area contributed by atoms with Gasteiger partial charge in [0.05, 0.1) is 12.6 Å². The molecule has 4 heteroatoms. The third-order valence-corrected chi connectivity index (χ3v) is 2.31. The van der Waals surface area contributed by atoms with Gasteiger partial charge in [-0.25, -0.2) is 0 Å². The summed E-state index contributed by atoms with van der Waals surface area (Å²) in [7, 11) is 0. The summed E-state index contributed by atoms with van der Waals surface area (Å²) >= 11 is 5.77. The van der Waals surface area contributed by atoms with Crippen molar-refractivity contribution in [1.82, 2.24) is 0 Å². The number of aryl methyl sites for hydroxylation is 1. The van der Waals surface area contributed by atoms with Gasteiger partial charge >= 0.3 is 0 Å². The zero-order chi connectivity index (χ0) is 10.0. The van der Waals surface area contributed by atoms with E-state index in [1.807, 2.05) is 6.92 Å². The van der Waals surface area contributed by atoms with Gasteiger partial charge in [-0.1, -0.05) is 11.6 Å². The Kier molecular flexibility index (Phi) is 3.14. The molecule has 0 aliphatic heterocycles. The quantitative estimate of drug-likeness (QED) is 0.677. The van der Waals surface area contributed by atoms with E-state index in [1.54, 1.807) is 6.07 Å². The summed E-state index contributed by atoms with van der Waals surface area (Å²) in [5.74, 6) is 0.0251. The minimum atomic E-state index is -0.559. The molecule has 0 saturated heterocycles. The predicted molar refractivity (Wildman–Crippen MR) is 51.9 cm³/mol. The molecule has 0 aliphatic rings. The Morgan fingerprint density at radius 2 is 2.15 bits per heavy atom. The van der Waals surface area contributed by atoms with Crippen molar-refractivity contribution in [1.29, 1.82) is 0 Å². The standard InChI is InChI=1S/C9H12ClNO2/c1-5-2-6(8(11)4-12)9(13)3-7(5)10/h2-3,8,12-13H,4,11H2,1H3. The molecule has 0 aromatic heterocycles. The fourth-order valence-electron chi connectivity index (χ4n) is 1.09. The topological polar surface area (TPSA) is 66.5 Å². The average molecular weight is 202 g/mol. The summed E-state index contributed by atoms with van der Waals surface area (Å²) in [4.78, 5) is 0. The lowest BCUT2D eigenvalue weighted by Gasteiger charge is -2.12. The Balaban J connectivity index is 3.15. The molecular formula is C9H12ClNO2. The molecule has 13 heavy (non-hydrogen) atoms. The van der Waals surface area contributed by atoms with Gasteiger partial charge in [0.15, 0.2) is 0 Å². The molecule has 3 nitrogen and oxygen atoms in total. The average Bonchev–Trinajstić information content (AvgIpc) is 2.10. The number of benzene rings is 1. The molecule has 1 atom stereocenters. The van der Waals surface area contributed by atoms with Crippen molar-refractivity contribution in [2.75, 3.05) is 6.61 Å². The molecule has 0 amide bonds. The van der Waals surface area contributed by atoms with E-state index in [-0.39, 0.29) is 12.4 Å². The van der Waals surface area contributed by atoms with Gasteiger partial charge in [-0.15, -0.1) is 0 Å². The lowest BCUT2D eigenvalue weighted by Crippen LogP contribution is -2.14. The number of aromatic hydroxyl groups is 1. The number of hydrogen-bond donors (Lipinski definition) is 3. The molecular weight excluding hydrogens is 190 g/mol. The van der Waals surface area contributed by atoms with Gasteiger partial charge in [0.2, 0.25) is 0 Å². The van der Waals surface area contributed by atoms with Crippen LogP contribution in [0.1, 0.15) is 17.2 Å². The molecule has 72 valence electrons. The van der Waals surface area contributed by atoms with Crippen LogP contribution in [0.2, 0.25) is 5.02 Å². The molecule has 0 radical (unpaired) electrons. The monoisotopic (exact) mass is 201 g/mol. The Bertz CT molecular complexity index is 315. The second kappa shape index (κ2) is 3.96. The maximum Gasteiger partial charge on any atom is 0.121 e. The highest BCUT2D eigenvalue weighted by atomic mass is 35.5. The van der Waals surface area contributed by atoms with Crippen molar-refractivity contribution in [3.63, 3.8) is 0 Å². The Morgan fingerprint density at radius 1 is 1.54 bits per heavy atom. The molecule has 0 spiro atoms. The molecule has 1 unspecified atom stereocenters. The summed E-state index contributed by atoms with van der Waals surface area (Å²) < 4.78 is 0. The van der Waals surface area contributed by atoms with E-state index in [0.29, 0.717) is 10.6 Å². The molecule has 1 aromatic rings. The zero-order valence-corrected chi connectivity index (χ0v) is 8.04. The second-order valence-electron chi connectivity index (χ2n) is 2.95. The lowest BCUT2D eigenvalue weighted by molar-refractivity contribution is 0.265. The number of halogens is 1. The normalized spacial score (nSPS) is 12.9. The third kappa shape index (κ3) is 2.12. The van der Waals surface area contributed by atoms with E-state index in [2.05, 4.69) is 0 Å². The van der Waals surface area contributed by atoms with E-state index in [4.69, 9.17) is 22.4 Å². The Morgan fingerprint density at radius 3 is 2.69 bits per heavy atom. The van der Waals surface area contributed by atoms with E-state index >= 15 is 0 Å². The van der Waals surface area contributed by atoms with Crippen molar-refractivity contribution in [2.24, 2.45) is 5.73 Å². The zero-order valence-electron chi connectivity index (χ0n) is 7.29. The van der Waals surface area contributed by atoms with E-state index in [1.165, 1.54) is 6.07 Å². The van der Waals surface area contributed by atoms with Crippen molar-refractivity contribution >= 4 is 11.6 Å². The van der Waals surface area contributed by atoms with Crippen molar-refractivity contribution in [3.05, 3.63) is 28.3 Å². The van der Waals surface area contributed by atoms with Gasteiger partial charge in [-0.3, -0.25) is 0 Å². The van der Waals surface area contributed by atoms with Gasteiger partial charge in [0.25, 0.3) is 0 Å². The first-order valence-electron chi connectivity index (χ1n) is 3.91. The molecule has 0 fully saturated rings. The summed E-state index contributed by atoms with van der Waals surface area (Å²) in [5.41, 5.74) is 6.91. The predicted octanol–water partition coefficient (Wildman–Crippen LogP) is 1.35. The maximum absolute atomic E-state index is 9.44. The van der Waals surface area contributed by atoms with Crippen LogP contribution in [0.15, 0.2) is 12.1 Å². The highest BCUT2D eigenvalue weighted by molar-refractivity contribution is 6.31. The van der Waals surface area contributed by atoms with E-state index < -0.39 is 6.04 Å². The van der Waals surface area contributed by atoms with Crippen LogP contribution in [0.4, 0.5) is 0 Å². The summed E-state index contributed by atoms with van der Waals surface area (Å²) in [6.07, 6.45) is 0. The van der Waals surface area contributed by atoms with Crippen LogP contribution < -0.4 is 5.73 Å². The maximum atomic E-state index is 9.44. The lowest BCUT2D eigenvalue weighted by atomic mass is 10.0. The Hall–Kier alpha value is -0.770. The van der Waals surface area contributed by atoms with Gasteiger partial charge in [0, 0.05) is 10.6 Å². The van der Waals surface area contributed by atoms with Crippen LogP contribution in [-0.2, 0) is 0 Å². The number of hydrogen-bond acceptors (Lipinski definition) is 3. The number of aliphatic hydroxyl groups excluding tert-OH is 1. The fraction of sp³-hybridized carbons (Fsp3) is 0.333. The minimum absolute atomic E-state index is 0.0251. The minimum Gasteiger partial charge on any atom is -0.508 e. The molecule has 4 N–H and O–H groups in total. The molecule has 0 aliphatic carbocycles. The molecule has 0 heterocycles. The molecule has 1 aromatic carbocycles. The van der Waals surface area contributed by atoms with Gasteiger partial charge < -0.3 is 15.9 Å². The number of phenols is 1. The third-order valence-electron chi connectivity index (χ3n) is 1.90. The molecule has 0 bridgehead atoms. The van der Waals surface area contributed by atoms with Crippen LogP contribution in [0, 0.1) is 6.92 Å². The van der Waals surface area contributed by atoms with Gasteiger partial charge in [-0.05, 0) is 24.6 Å². The van der Waals surface area contributed by atoms with Crippen LogP contribution in [0.25, 0.3) is 0 Å². The largest absolute Gasteiger partial charge is 0.508 e. The Labute approximate surface area is 81.8 Å². The first-order chi connectivity index (χ1) is 6.06. The number of nitrogens with two attached hydrogens (primary N) is 1. The number of aliphatic hydroxyl groups is 1. The van der Waals surface area contributed by atoms with Crippen LogP contribution in [0.5, 0.6) is 5.75 Å². The van der Waals surface area contributed by atoms with Crippen LogP contribution >= 0.6 is 11.6 Å². The van der Waals surface area contributed by atoms with Crippen LogP contribution in [-0.4, -0.2) is 16.8 Å². The fourth-order valence-corrected chi connectivity index (χ4v) is 1.25. The number of phenolic OH excluding ortho intramolecular Hbond substituents is 1. The van der Waals surface area contributed by atoms with Gasteiger partial charge in [-0.2, -0.15) is 0 Å². The summed E-state index contributed by atoms with van der Waals surface area (Å²) in [5, 5.41) is 18.7. The first kappa shape index (κ1) is 10.3.